The molecule has 20 heavy (non-hydrogen) atoms. The van der Waals surface area contributed by atoms with Crippen LogP contribution in [-0.4, -0.2) is 31.3 Å². The van der Waals surface area contributed by atoms with Gasteiger partial charge in [0.1, 0.15) is 24.8 Å². The highest BCUT2D eigenvalue weighted by atomic mass is 19.3. The summed E-state index contributed by atoms with van der Waals surface area (Å²) in [6.45, 7) is -2.58. The molecule has 0 radical (unpaired) electrons. The first-order valence-corrected chi connectivity index (χ1v) is 5.42. The SMILES string of the molecule is O=C(COCC(F)(F)C(F)F)Cc1c(F)cccc1F. The molecule has 0 heterocycles. The van der Waals surface area contributed by atoms with E-state index in [0.29, 0.717) is 0 Å². The van der Waals surface area contributed by atoms with Crippen molar-refractivity contribution in [1.29, 1.82) is 0 Å². The van der Waals surface area contributed by atoms with E-state index in [2.05, 4.69) is 4.74 Å². The molecular weight excluding hydrogens is 290 g/mol. The summed E-state index contributed by atoms with van der Waals surface area (Å²) in [6, 6.07) is 2.95. The highest BCUT2D eigenvalue weighted by Gasteiger charge is 2.41. The molecule has 0 unspecified atom stereocenters. The third-order valence-electron chi connectivity index (χ3n) is 2.31. The summed E-state index contributed by atoms with van der Waals surface area (Å²) in [7, 11) is 0. The van der Waals surface area contributed by atoms with Crippen LogP contribution >= 0.6 is 0 Å². The van der Waals surface area contributed by atoms with Crippen molar-refractivity contribution >= 4 is 5.78 Å². The van der Waals surface area contributed by atoms with Crippen LogP contribution in [0, 0.1) is 11.6 Å². The summed E-state index contributed by atoms with van der Waals surface area (Å²) in [4.78, 5) is 11.3. The quantitative estimate of drug-likeness (QED) is 0.724. The van der Waals surface area contributed by atoms with Gasteiger partial charge < -0.3 is 4.74 Å². The van der Waals surface area contributed by atoms with Gasteiger partial charge in [0, 0.05) is 12.0 Å². The molecule has 1 aromatic rings. The van der Waals surface area contributed by atoms with Crippen LogP contribution in [0.1, 0.15) is 5.56 Å². The van der Waals surface area contributed by atoms with Gasteiger partial charge in [-0.05, 0) is 12.1 Å². The summed E-state index contributed by atoms with van der Waals surface area (Å²) >= 11 is 0. The average molecular weight is 300 g/mol. The van der Waals surface area contributed by atoms with Crippen LogP contribution in [-0.2, 0) is 16.0 Å². The number of rotatable bonds is 7. The minimum Gasteiger partial charge on any atom is -0.367 e. The van der Waals surface area contributed by atoms with Crippen LogP contribution < -0.4 is 0 Å². The van der Waals surface area contributed by atoms with Crippen molar-refractivity contribution in [3.8, 4) is 0 Å². The summed E-state index contributed by atoms with van der Waals surface area (Å²) in [5, 5.41) is 0. The van der Waals surface area contributed by atoms with Crippen LogP contribution in [0.15, 0.2) is 18.2 Å². The predicted molar refractivity (Wildman–Crippen MR) is 56.8 cm³/mol. The fourth-order valence-electron chi connectivity index (χ4n) is 1.31. The lowest BCUT2D eigenvalue weighted by molar-refractivity contribution is -0.168. The highest BCUT2D eigenvalue weighted by molar-refractivity contribution is 5.82. The first-order valence-electron chi connectivity index (χ1n) is 5.42. The Morgan fingerprint density at radius 1 is 1.20 bits per heavy atom. The second-order valence-corrected chi connectivity index (χ2v) is 3.97. The van der Waals surface area contributed by atoms with E-state index in [-0.39, 0.29) is 0 Å². The Labute approximate surface area is 110 Å². The van der Waals surface area contributed by atoms with E-state index < -0.39 is 55.0 Å². The first-order chi connectivity index (χ1) is 9.24. The Balaban J connectivity index is 2.49. The van der Waals surface area contributed by atoms with Crippen molar-refractivity contribution in [2.45, 2.75) is 18.8 Å². The fraction of sp³-hybridized carbons (Fsp3) is 0.417. The molecule has 0 amide bonds. The lowest BCUT2D eigenvalue weighted by atomic mass is 10.1. The average Bonchev–Trinajstić information content (AvgIpc) is 2.33. The summed E-state index contributed by atoms with van der Waals surface area (Å²) in [5.74, 6) is -7.20. The lowest BCUT2D eigenvalue weighted by Crippen LogP contribution is -2.33. The maximum Gasteiger partial charge on any atom is 0.330 e. The van der Waals surface area contributed by atoms with E-state index in [9.17, 15) is 31.1 Å². The number of carbonyl (C=O) groups is 1. The van der Waals surface area contributed by atoms with Gasteiger partial charge in [-0.25, -0.2) is 17.6 Å². The number of carbonyl (C=O) groups excluding carboxylic acids is 1. The molecule has 0 saturated heterocycles. The number of ether oxygens (including phenoxy) is 1. The molecule has 8 heteroatoms. The van der Waals surface area contributed by atoms with E-state index in [1.807, 2.05) is 0 Å². The van der Waals surface area contributed by atoms with Gasteiger partial charge in [0.05, 0.1) is 0 Å². The standard InChI is InChI=1S/C12H10F6O2/c13-9-2-1-3-10(14)8(9)4-7(19)5-20-6-12(17,18)11(15)16/h1-3,11H,4-6H2. The number of ketones is 1. The molecule has 0 fully saturated rings. The number of hydrogen-bond acceptors (Lipinski definition) is 2. The molecule has 0 bridgehead atoms. The zero-order valence-electron chi connectivity index (χ0n) is 10.0. The normalized spacial score (nSPS) is 11.9. The number of alkyl halides is 4. The summed E-state index contributed by atoms with van der Waals surface area (Å²) in [6.07, 6.45) is -4.62. The Hall–Kier alpha value is -1.57. The number of Topliss-reactive ketones (excluding diaryl/α,β-unsaturated/α-hetero) is 1. The molecule has 1 rings (SSSR count). The van der Waals surface area contributed by atoms with Crippen molar-refractivity contribution < 1.29 is 35.9 Å². The Morgan fingerprint density at radius 2 is 1.75 bits per heavy atom. The molecule has 0 atom stereocenters. The molecule has 0 saturated carbocycles. The van der Waals surface area contributed by atoms with Gasteiger partial charge in [-0.15, -0.1) is 0 Å². The van der Waals surface area contributed by atoms with Gasteiger partial charge in [0.2, 0.25) is 0 Å². The highest BCUT2D eigenvalue weighted by Crippen LogP contribution is 2.22. The molecule has 0 aliphatic carbocycles. The van der Waals surface area contributed by atoms with Gasteiger partial charge in [-0.3, -0.25) is 4.79 Å². The summed E-state index contributed by atoms with van der Waals surface area (Å²) < 4.78 is 78.9. The Morgan fingerprint density at radius 3 is 2.25 bits per heavy atom. The smallest absolute Gasteiger partial charge is 0.330 e. The van der Waals surface area contributed by atoms with Gasteiger partial charge in [0.15, 0.2) is 5.78 Å². The predicted octanol–water partition coefficient (Wildman–Crippen LogP) is 2.99. The second-order valence-electron chi connectivity index (χ2n) is 3.97. The van der Waals surface area contributed by atoms with E-state index in [1.54, 1.807) is 0 Å². The number of hydrogen-bond donors (Lipinski definition) is 0. The maximum atomic E-state index is 13.2. The molecular formula is C12H10F6O2. The topological polar surface area (TPSA) is 26.3 Å². The van der Waals surface area contributed by atoms with Gasteiger partial charge >= 0.3 is 12.3 Å². The molecule has 112 valence electrons. The van der Waals surface area contributed by atoms with Crippen molar-refractivity contribution in [3.63, 3.8) is 0 Å². The Bertz CT molecular complexity index is 455. The largest absolute Gasteiger partial charge is 0.367 e. The third kappa shape index (κ3) is 4.52. The first kappa shape index (κ1) is 16.5. The van der Waals surface area contributed by atoms with E-state index in [0.717, 1.165) is 18.2 Å². The zero-order chi connectivity index (χ0) is 15.3. The lowest BCUT2D eigenvalue weighted by Gasteiger charge is -2.14. The molecule has 2 nitrogen and oxygen atoms in total. The molecule has 1 aromatic carbocycles. The van der Waals surface area contributed by atoms with Crippen LogP contribution in [0.3, 0.4) is 0 Å². The maximum absolute atomic E-state index is 13.2. The monoisotopic (exact) mass is 300 g/mol. The number of benzene rings is 1. The van der Waals surface area contributed by atoms with Crippen LogP contribution in [0.4, 0.5) is 26.3 Å². The molecule has 0 N–H and O–H groups in total. The van der Waals surface area contributed by atoms with Crippen molar-refractivity contribution in [1.82, 2.24) is 0 Å². The zero-order valence-corrected chi connectivity index (χ0v) is 10.0. The minimum absolute atomic E-state index is 0.526. The van der Waals surface area contributed by atoms with E-state index in [1.165, 1.54) is 0 Å². The van der Waals surface area contributed by atoms with Gasteiger partial charge in [-0.2, -0.15) is 8.78 Å². The molecule has 0 aliphatic rings. The van der Waals surface area contributed by atoms with Crippen LogP contribution in [0.25, 0.3) is 0 Å². The second kappa shape index (κ2) is 6.74. The van der Waals surface area contributed by atoms with Gasteiger partial charge in [0.25, 0.3) is 0 Å². The molecule has 0 aromatic heterocycles. The van der Waals surface area contributed by atoms with Crippen molar-refractivity contribution in [2.24, 2.45) is 0 Å². The molecule has 0 spiro atoms. The van der Waals surface area contributed by atoms with Crippen LogP contribution in [0.2, 0.25) is 0 Å². The molecule has 0 aliphatic heterocycles. The fourth-order valence-corrected chi connectivity index (χ4v) is 1.31. The third-order valence-corrected chi connectivity index (χ3v) is 2.31. The van der Waals surface area contributed by atoms with Gasteiger partial charge in [-0.1, -0.05) is 6.07 Å². The van der Waals surface area contributed by atoms with Crippen molar-refractivity contribution in [2.75, 3.05) is 13.2 Å². The van der Waals surface area contributed by atoms with E-state index in [4.69, 9.17) is 0 Å². The summed E-state index contributed by atoms with van der Waals surface area (Å²) in [5.41, 5.74) is -0.526. The van der Waals surface area contributed by atoms with Crippen LogP contribution in [0.5, 0.6) is 0 Å². The Kier molecular flexibility index (Phi) is 5.55. The van der Waals surface area contributed by atoms with E-state index >= 15 is 0 Å². The van der Waals surface area contributed by atoms with Crippen molar-refractivity contribution in [3.05, 3.63) is 35.4 Å². The minimum atomic E-state index is -4.37. The number of halogens is 6.